The third-order valence-corrected chi connectivity index (χ3v) is 5.31. The summed E-state index contributed by atoms with van der Waals surface area (Å²) in [6.07, 6.45) is 1.10. The zero-order chi connectivity index (χ0) is 19.5. The number of hydrogen-bond acceptors (Lipinski definition) is 2. The molecule has 3 aromatic rings. The highest BCUT2D eigenvalue weighted by Crippen LogP contribution is 2.21. The van der Waals surface area contributed by atoms with Crippen LogP contribution in [0.1, 0.15) is 38.2 Å². The van der Waals surface area contributed by atoms with E-state index in [1.54, 1.807) is 0 Å². The predicted molar refractivity (Wildman–Crippen MR) is 115 cm³/mol. The SMILES string of the molecule is Cc1cc(C)cc(NC(=O)c2ccc(CN3CCc4ccccc4C3)cc2)c1. The Morgan fingerprint density at radius 1 is 0.929 bits per heavy atom. The maximum absolute atomic E-state index is 12.6. The highest BCUT2D eigenvalue weighted by Gasteiger charge is 2.16. The second-order valence-corrected chi connectivity index (χ2v) is 7.76. The molecule has 3 nitrogen and oxygen atoms in total. The van der Waals surface area contributed by atoms with Crippen molar-refractivity contribution in [2.75, 3.05) is 11.9 Å². The summed E-state index contributed by atoms with van der Waals surface area (Å²) in [6.45, 7) is 7.05. The van der Waals surface area contributed by atoms with Crippen LogP contribution in [0.4, 0.5) is 5.69 Å². The van der Waals surface area contributed by atoms with Gasteiger partial charge in [-0.3, -0.25) is 9.69 Å². The lowest BCUT2D eigenvalue weighted by molar-refractivity contribution is 0.102. The maximum Gasteiger partial charge on any atom is 0.255 e. The summed E-state index contributed by atoms with van der Waals surface area (Å²) in [4.78, 5) is 15.0. The molecule has 142 valence electrons. The lowest BCUT2D eigenvalue weighted by Crippen LogP contribution is -2.29. The molecule has 0 unspecified atom stereocenters. The smallest absolute Gasteiger partial charge is 0.255 e. The summed E-state index contributed by atoms with van der Waals surface area (Å²) in [7, 11) is 0. The second-order valence-electron chi connectivity index (χ2n) is 7.76. The van der Waals surface area contributed by atoms with E-state index in [1.807, 2.05) is 38.1 Å². The molecule has 0 radical (unpaired) electrons. The molecule has 3 heteroatoms. The van der Waals surface area contributed by atoms with Crippen LogP contribution in [0.25, 0.3) is 0 Å². The Bertz CT molecular complexity index is 971. The Labute approximate surface area is 167 Å². The van der Waals surface area contributed by atoms with Crippen LogP contribution in [0.3, 0.4) is 0 Å². The standard InChI is InChI=1S/C25H26N2O/c1-18-13-19(2)15-24(14-18)26-25(28)22-9-7-20(8-10-22)16-27-12-11-21-5-3-4-6-23(21)17-27/h3-10,13-15H,11-12,16-17H2,1-2H3,(H,26,28). The number of rotatable bonds is 4. The van der Waals surface area contributed by atoms with E-state index in [0.717, 1.165) is 42.9 Å². The summed E-state index contributed by atoms with van der Waals surface area (Å²) in [5.41, 5.74) is 7.96. The maximum atomic E-state index is 12.6. The molecule has 0 atom stereocenters. The average Bonchev–Trinajstić information content (AvgIpc) is 2.67. The van der Waals surface area contributed by atoms with Crippen LogP contribution in [0, 0.1) is 13.8 Å². The first-order chi connectivity index (χ1) is 13.6. The number of aryl methyl sites for hydroxylation is 2. The number of carbonyl (C=O) groups is 1. The van der Waals surface area contributed by atoms with Crippen LogP contribution in [0.2, 0.25) is 0 Å². The lowest BCUT2D eigenvalue weighted by Gasteiger charge is -2.28. The number of amides is 1. The molecular weight excluding hydrogens is 344 g/mol. The van der Waals surface area contributed by atoms with Crippen LogP contribution in [0.5, 0.6) is 0 Å². The molecule has 0 aromatic heterocycles. The van der Waals surface area contributed by atoms with Crippen molar-refractivity contribution >= 4 is 11.6 Å². The van der Waals surface area contributed by atoms with E-state index >= 15 is 0 Å². The molecule has 0 spiro atoms. The Hall–Kier alpha value is -2.91. The molecule has 4 rings (SSSR count). The van der Waals surface area contributed by atoms with Crippen molar-refractivity contribution in [3.05, 3.63) is 100 Å². The van der Waals surface area contributed by atoms with Crippen molar-refractivity contribution in [1.82, 2.24) is 4.90 Å². The minimum Gasteiger partial charge on any atom is -0.322 e. The van der Waals surface area contributed by atoms with E-state index in [1.165, 1.54) is 16.7 Å². The van der Waals surface area contributed by atoms with Crippen LogP contribution in [-0.2, 0) is 19.5 Å². The average molecular weight is 370 g/mol. The number of hydrogen-bond donors (Lipinski definition) is 1. The van der Waals surface area contributed by atoms with Gasteiger partial charge in [0.05, 0.1) is 0 Å². The molecule has 3 aromatic carbocycles. The molecule has 0 saturated carbocycles. The second kappa shape index (κ2) is 7.99. The van der Waals surface area contributed by atoms with E-state index in [0.29, 0.717) is 5.56 Å². The fourth-order valence-corrected chi connectivity index (χ4v) is 3.96. The van der Waals surface area contributed by atoms with Crippen molar-refractivity contribution in [3.63, 3.8) is 0 Å². The molecule has 1 heterocycles. The summed E-state index contributed by atoms with van der Waals surface area (Å²) in [5.74, 6) is -0.0663. The van der Waals surface area contributed by atoms with E-state index in [4.69, 9.17) is 0 Å². The normalized spacial score (nSPS) is 13.8. The van der Waals surface area contributed by atoms with Gasteiger partial charge >= 0.3 is 0 Å². The fourth-order valence-electron chi connectivity index (χ4n) is 3.96. The largest absolute Gasteiger partial charge is 0.322 e. The molecule has 0 fully saturated rings. The third-order valence-electron chi connectivity index (χ3n) is 5.31. The summed E-state index contributed by atoms with van der Waals surface area (Å²) >= 11 is 0. The molecule has 28 heavy (non-hydrogen) atoms. The number of fused-ring (bicyclic) bond motifs is 1. The van der Waals surface area contributed by atoms with Crippen molar-refractivity contribution in [1.29, 1.82) is 0 Å². The zero-order valence-electron chi connectivity index (χ0n) is 16.5. The van der Waals surface area contributed by atoms with Gasteiger partial charge in [-0.05, 0) is 72.4 Å². The highest BCUT2D eigenvalue weighted by atomic mass is 16.1. The van der Waals surface area contributed by atoms with Gasteiger partial charge in [0.25, 0.3) is 5.91 Å². The van der Waals surface area contributed by atoms with Crippen LogP contribution < -0.4 is 5.32 Å². The molecule has 1 aliphatic heterocycles. The highest BCUT2D eigenvalue weighted by molar-refractivity contribution is 6.04. The van der Waals surface area contributed by atoms with Crippen LogP contribution in [-0.4, -0.2) is 17.4 Å². The minimum atomic E-state index is -0.0663. The van der Waals surface area contributed by atoms with Gasteiger partial charge in [0.1, 0.15) is 0 Å². The van der Waals surface area contributed by atoms with Gasteiger partial charge < -0.3 is 5.32 Å². The fraction of sp³-hybridized carbons (Fsp3) is 0.240. The van der Waals surface area contributed by atoms with Gasteiger partial charge in [-0.25, -0.2) is 0 Å². The molecule has 1 N–H and O–H groups in total. The third kappa shape index (κ3) is 4.32. The van der Waals surface area contributed by atoms with E-state index < -0.39 is 0 Å². The molecule has 0 saturated heterocycles. The number of anilines is 1. The quantitative estimate of drug-likeness (QED) is 0.692. The molecule has 1 aliphatic rings. The monoisotopic (exact) mass is 370 g/mol. The van der Waals surface area contributed by atoms with Crippen molar-refractivity contribution < 1.29 is 4.79 Å². The van der Waals surface area contributed by atoms with Crippen LogP contribution in [0.15, 0.2) is 66.7 Å². The Morgan fingerprint density at radius 2 is 1.61 bits per heavy atom. The Balaban J connectivity index is 1.39. The van der Waals surface area contributed by atoms with Crippen LogP contribution >= 0.6 is 0 Å². The number of nitrogens with one attached hydrogen (secondary N) is 1. The zero-order valence-corrected chi connectivity index (χ0v) is 16.5. The van der Waals surface area contributed by atoms with E-state index in [2.05, 4.69) is 52.7 Å². The molecule has 1 amide bonds. The molecule has 0 aliphatic carbocycles. The summed E-state index contributed by atoms with van der Waals surface area (Å²) in [6, 6.07) is 22.8. The summed E-state index contributed by atoms with van der Waals surface area (Å²) < 4.78 is 0. The number of benzene rings is 3. The minimum absolute atomic E-state index is 0.0663. The topological polar surface area (TPSA) is 32.3 Å². The first kappa shape index (κ1) is 18.5. The van der Waals surface area contributed by atoms with Gasteiger partial charge in [0, 0.05) is 30.9 Å². The van der Waals surface area contributed by atoms with Gasteiger partial charge in [-0.1, -0.05) is 42.5 Å². The predicted octanol–water partition coefficient (Wildman–Crippen LogP) is 5.11. The number of nitrogens with zero attached hydrogens (tertiary/aromatic N) is 1. The van der Waals surface area contributed by atoms with Gasteiger partial charge in [0.2, 0.25) is 0 Å². The van der Waals surface area contributed by atoms with Crippen molar-refractivity contribution in [2.24, 2.45) is 0 Å². The van der Waals surface area contributed by atoms with E-state index in [9.17, 15) is 4.79 Å². The van der Waals surface area contributed by atoms with E-state index in [-0.39, 0.29) is 5.91 Å². The van der Waals surface area contributed by atoms with Gasteiger partial charge in [0.15, 0.2) is 0 Å². The van der Waals surface area contributed by atoms with Gasteiger partial charge in [-0.15, -0.1) is 0 Å². The Kier molecular flexibility index (Phi) is 5.27. The first-order valence-corrected chi connectivity index (χ1v) is 9.84. The first-order valence-electron chi connectivity index (χ1n) is 9.84. The van der Waals surface area contributed by atoms with Crippen molar-refractivity contribution in [2.45, 2.75) is 33.4 Å². The number of carbonyl (C=O) groups excluding carboxylic acids is 1. The van der Waals surface area contributed by atoms with Crippen molar-refractivity contribution in [3.8, 4) is 0 Å². The summed E-state index contributed by atoms with van der Waals surface area (Å²) in [5, 5.41) is 3.00. The van der Waals surface area contributed by atoms with Gasteiger partial charge in [-0.2, -0.15) is 0 Å². The molecular formula is C25H26N2O. The molecule has 0 bridgehead atoms. The lowest BCUT2D eigenvalue weighted by atomic mass is 9.99. The Morgan fingerprint density at radius 3 is 2.32 bits per heavy atom.